The normalized spacial score (nSPS) is 14.2. The third-order valence-electron chi connectivity index (χ3n) is 5.14. The van der Waals surface area contributed by atoms with Crippen LogP contribution in [0, 0.1) is 5.92 Å². The molecule has 6 nitrogen and oxygen atoms in total. The zero-order valence-electron chi connectivity index (χ0n) is 18.5. The van der Waals surface area contributed by atoms with Gasteiger partial charge in [-0.25, -0.2) is 0 Å². The summed E-state index contributed by atoms with van der Waals surface area (Å²) < 4.78 is 11.1. The maximum absolute atomic E-state index is 13.0. The lowest BCUT2D eigenvalue weighted by Crippen LogP contribution is -2.47. The number of hydrogen-bond acceptors (Lipinski definition) is 4. The summed E-state index contributed by atoms with van der Waals surface area (Å²) in [5, 5.41) is 5.99. The molecule has 1 aliphatic rings. The number of halogens is 1. The van der Waals surface area contributed by atoms with E-state index in [2.05, 4.69) is 31.4 Å². The Bertz CT molecular complexity index is 965. The monoisotopic (exact) mass is 444 g/mol. The molecule has 0 bridgehead atoms. The number of rotatable bonds is 5. The van der Waals surface area contributed by atoms with Crippen molar-refractivity contribution < 1.29 is 19.1 Å². The van der Waals surface area contributed by atoms with E-state index in [1.807, 2.05) is 26.0 Å². The highest BCUT2D eigenvalue weighted by molar-refractivity contribution is 6.34. The zero-order chi connectivity index (χ0) is 22.8. The van der Waals surface area contributed by atoms with Crippen molar-refractivity contribution >= 4 is 29.1 Å². The van der Waals surface area contributed by atoms with E-state index in [1.165, 1.54) is 0 Å². The Morgan fingerprint density at radius 3 is 2.13 bits per heavy atom. The van der Waals surface area contributed by atoms with Gasteiger partial charge in [-0.3, -0.25) is 9.59 Å². The first-order valence-electron chi connectivity index (χ1n) is 10.4. The van der Waals surface area contributed by atoms with Crippen LogP contribution in [-0.4, -0.2) is 31.1 Å². The average molecular weight is 445 g/mol. The van der Waals surface area contributed by atoms with Crippen LogP contribution in [0.1, 0.15) is 50.5 Å². The third-order valence-corrected chi connectivity index (χ3v) is 5.45. The van der Waals surface area contributed by atoms with Gasteiger partial charge in [-0.2, -0.15) is 0 Å². The minimum atomic E-state index is -0.737. The fourth-order valence-corrected chi connectivity index (χ4v) is 3.45. The van der Waals surface area contributed by atoms with E-state index in [0.29, 0.717) is 41.0 Å². The van der Waals surface area contributed by atoms with Crippen molar-refractivity contribution in [1.82, 2.24) is 5.32 Å². The number of fused-ring (bicyclic) bond motifs is 1. The summed E-state index contributed by atoms with van der Waals surface area (Å²) in [6.45, 7) is 11.0. The number of benzene rings is 2. The number of ether oxygens (including phenoxy) is 2. The smallest absolute Gasteiger partial charge is 0.251 e. The molecule has 1 atom stereocenters. The van der Waals surface area contributed by atoms with Crippen molar-refractivity contribution in [3.63, 3.8) is 0 Å². The largest absolute Gasteiger partial charge is 0.486 e. The molecule has 0 unspecified atom stereocenters. The molecule has 166 valence electrons. The Morgan fingerprint density at radius 1 is 1.00 bits per heavy atom. The van der Waals surface area contributed by atoms with Gasteiger partial charge in [-0.05, 0) is 29.0 Å². The summed E-state index contributed by atoms with van der Waals surface area (Å²) in [7, 11) is 0. The third kappa shape index (κ3) is 5.50. The van der Waals surface area contributed by atoms with Crippen molar-refractivity contribution in [2.45, 2.75) is 46.1 Å². The molecule has 2 amide bonds. The molecule has 3 rings (SSSR count). The highest BCUT2D eigenvalue weighted by Gasteiger charge is 2.26. The molecular weight excluding hydrogens is 416 g/mol. The fraction of sp³-hybridized carbons (Fsp3) is 0.417. The molecule has 2 aromatic rings. The molecular formula is C24H29ClN2O4. The van der Waals surface area contributed by atoms with Crippen molar-refractivity contribution in [3.8, 4) is 11.5 Å². The molecule has 0 aliphatic carbocycles. The number of nitrogens with one attached hydrogen (secondary N) is 2. The lowest BCUT2D eigenvalue weighted by atomic mass is 9.86. The van der Waals surface area contributed by atoms with Gasteiger partial charge in [0.1, 0.15) is 19.3 Å². The molecule has 7 heteroatoms. The van der Waals surface area contributed by atoms with Crippen LogP contribution < -0.4 is 20.1 Å². The predicted molar refractivity (Wildman–Crippen MR) is 122 cm³/mol. The van der Waals surface area contributed by atoms with Gasteiger partial charge in [-0.15, -0.1) is 0 Å². The van der Waals surface area contributed by atoms with E-state index in [9.17, 15) is 9.59 Å². The van der Waals surface area contributed by atoms with Crippen molar-refractivity contribution in [2.24, 2.45) is 5.92 Å². The van der Waals surface area contributed by atoms with Crippen LogP contribution in [0.25, 0.3) is 0 Å². The van der Waals surface area contributed by atoms with Gasteiger partial charge in [-0.1, -0.05) is 58.4 Å². The van der Waals surface area contributed by atoms with Crippen LogP contribution in [0.4, 0.5) is 5.69 Å². The predicted octanol–water partition coefficient (Wildman–Crippen LogP) is 4.80. The van der Waals surface area contributed by atoms with Gasteiger partial charge >= 0.3 is 0 Å². The number of amides is 2. The SMILES string of the molecule is CC(C)[C@H](NC(=O)c1ccc(C(C)(C)C)cc1)C(=O)Nc1cc2c(cc1Cl)OCCO2. The molecule has 31 heavy (non-hydrogen) atoms. The average Bonchev–Trinajstić information content (AvgIpc) is 2.71. The van der Waals surface area contributed by atoms with Gasteiger partial charge in [0.2, 0.25) is 5.91 Å². The molecule has 0 fully saturated rings. The quantitative estimate of drug-likeness (QED) is 0.694. The topological polar surface area (TPSA) is 76.7 Å². The van der Waals surface area contributed by atoms with Crippen LogP contribution >= 0.6 is 11.6 Å². The van der Waals surface area contributed by atoms with Crippen LogP contribution in [-0.2, 0) is 10.2 Å². The van der Waals surface area contributed by atoms with Gasteiger partial charge in [0.05, 0.1) is 10.7 Å². The van der Waals surface area contributed by atoms with Crippen LogP contribution in [0.2, 0.25) is 5.02 Å². The van der Waals surface area contributed by atoms with E-state index < -0.39 is 6.04 Å². The molecule has 1 aliphatic heterocycles. The summed E-state index contributed by atoms with van der Waals surface area (Å²) in [5.41, 5.74) is 2.04. The highest BCUT2D eigenvalue weighted by atomic mass is 35.5. The number of carbonyl (C=O) groups excluding carboxylic acids is 2. The second-order valence-corrected chi connectivity index (χ2v) is 9.39. The Hall–Kier alpha value is -2.73. The van der Waals surface area contributed by atoms with Gasteiger partial charge in [0, 0.05) is 17.7 Å². The van der Waals surface area contributed by atoms with Crippen molar-refractivity contribution in [2.75, 3.05) is 18.5 Å². The highest BCUT2D eigenvalue weighted by Crippen LogP contribution is 2.38. The Balaban J connectivity index is 1.73. The maximum Gasteiger partial charge on any atom is 0.251 e. The second-order valence-electron chi connectivity index (χ2n) is 8.99. The summed E-state index contributed by atoms with van der Waals surface area (Å²) in [5.74, 6) is 0.279. The van der Waals surface area contributed by atoms with E-state index in [1.54, 1.807) is 24.3 Å². The summed E-state index contributed by atoms with van der Waals surface area (Å²) >= 11 is 6.31. The van der Waals surface area contributed by atoms with Crippen LogP contribution in [0.15, 0.2) is 36.4 Å². The summed E-state index contributed by atoms with van der Waals surface area (Å²) in [6.07, 6.45) is 0. The lowest BCUT2D eigenvalue weighted by Gasteiger charge is -2.24. The molecule has 2 N–H and O–H groups in total. The first-order valence-corrected chi connectivity index (χ1v) is 10.8. The van der Waals surface area contributed by atoms with Crippen molar-refractivity contribution in [3.05, 3.63) is 52.5 Å². The molecule has 1 heterocycles. The van der Waals surface area contributed by atoms with E-state index >= 15 is 0 Å². The first kappa shape index (κ1) is 22.9. The van der Waals surface area contributed by atoms with E-state index in [4.69, 9.17) is 21.1 Å². The Morgan fingerprint density at radius 2 is 1.58 bits per heavy atom. The lowest BCUT2D eigenvalue weighted by molar-refractivity contribution is -0.118. The van der Waals surface area contributed by atoms with E-state index in [0.717, 1.165) is 5.56 Å². The number of carbonyl (C=O) groups is 2. The Labute approximate surface area is 188 Å². The van der Waals surface area contributed by atoms with Crippen molar-refractivity contribution in [1.29, 1.82) is 0 Å². The minimum Gasteiger partial charge on any atom is -0.486 e. The molecule has 0 aromatic heterocycles. The van der Waals surface area contributed by atoms with Crippen LogP contribution in [0.5, 0.6) is 11.5 Å². The molecule has 0 spiro atoms. The van der Waals surface area contributed by atoms with Gasteiger partial charge in [0.15, 0.2) is 11.5 Å². The first-order chi connectivity index (χ1) is 14.6. The van der Waals surface area contributed by atoms with Gasteiger partial charge < -0.3 is 20.1 Å². The maximum atomic E-state index is 13.0. The molecule has 0 saturated carbocycles. The second kappa shape index (κ2) is 9.18. The molecule has 0 radical (unpaired) electrons. The standard InChI is InChI=1S/C24H29ClN2O4/c1-14(2)21(27-22(28)15-6-8-16(9-7-15)24(3,4)5)23(29)26-18-13-20-19(12-17(18)25)30-10-11-31-20/h6-9,12-14,21H,10-11H2,1-5H3,(H,26,29)(H,27,28)/t21-/m0/s1. The molecule has 2 aromatic carbocycles. The number of hydrogen-bond donors (Lipinski definition) is 2. The number of anilines is 1. The minimum absolute atomic E-state index is 0.00173. The summed E-state index contributed by atoms with van der Waals surface area (Å²) in [6, 6.07) is 9.96. The Kier molecular flexibility index (Phi) is 6.80. The fourth-order valence-electron chi connectivity index (χ4n) is 3.25. The zero-order valence-corrected chi connectivity index (χ0v) is 19.3. The summed E-state index contributed by atoms with van der Waals surface area (Å²) in [4.78, 5) is 25.8. The van der Waals surface area contributed by atoms with Crippen LogP contribution in [0.3, 0.4) is 0 Å². The van der Waals surface area contributed by atoms with E-state index in [-0.39, 0.29) is 23.1 Å². The molecule has 0 saturated heterocycles. The van der Waals surface area contributed by atoms with Gasteiger partial charge in [0.25, 0.3) is 5.91 Å².